The van der Waals surface area contributed by atoms with Gasteiger partial charge in [0.05, 0.1) is 6.54 Å². The van der Waals surface area contributed by atoms with E-state index >= 15 is 0 Å². The zero-order chi connectivity index (χ0) is 19.9. The van der Waals surface area contributed by atoms with Crippen LogP contribution in [0.5, 0.6) is 0 Å². The lowest BCUT2D eigenvalue weighted by atomic mass is 9.89. The van der Waals surface area contributed by atoms with Crippen molar-refractivity contribution in [1.29, 1.82) is 0 Å². The average Bonchev–Trinajstić information content (AvgIpc) is 3.10. The first-order valence-electron chi connectivity index (χ1n) is 8.75. The van der Waals surface area contributed by atoms with Gasteiger partial charge in [0.25, 0.3) is 0 Å². The minimum Gasteiger partial charge on any atom is -0.357 e. The van der Waals surface area contributed by atoms with E-state index in [0.29, 0.717) is 30.0 Å². The Bertz CT molecular complexity index is 728. The number of nitrogens with zero attached hydrogens (tertiary/aromatic N) is 3. The van der Waals surface area contributed by atoms with Gasteiger partial charge in [-0.25, -0.2) is 9.98 Å². The zero-order valence-electron chi connectivity index (χ0n) is 15.5. The molecule has 0 saturated heterocycles. The molecule has 148 valence electrons. The van der Waals surface area contributed by atoms with Crippen LogP contribution in [-0.4, -0.2) is 29.0 Å². The van der Waals surface area contributed by atoms with E-state index in [1.807, 2.05) is 25.3 Å². The van der Waals surface area contributed by atoms with Crippen molar-refractivity contribution in [2.24, 2.45) is 10.9 Å². The summed E-state index contributed by atoms with van der Waals surface area (Å²) in [6, 6.07) is 3.95. The molecule has 0 aliphatic rings. The van der Waals surface area contributed by atoms with E-state index in [4.69, 9.17) is 0 Å². The summed E-state index contributed by atoms with van der Waals surface area (Å²) in [5.74, 6) is 1.17. The van der Waals surface area contributed by atoms with E-state index in [0.717, 1.165) is 22.3 Å². The van der Waals surface area contributed by atoms with Gasteiger partial charge in [0, 0.05) is 36.8 Å². The normalized spacial score (nSPS) is 13.7. The molecule has 0 aliphatic carbocycles. The second-order valence-electron chi connectivity index (χ2n) is 6.34. The molecule has 0 aliphatic heterocycles. The minimum absolute atomic E-state index is 0.0926. The fraction of sp³-hybridized carbons (Fsp3) is 0.500. The molecule has 0 radical (unpaired) electrons. The predicted molar refractivity (Wildman–Crippen MR) is 102 cm³/mol. The molecule has 0 saturated carbocycles. The van der Waals surface area contributed by atoms with E-state index in [2.05, 4.69) is 39.4 Å². The maximum atomic E-state index is 12.6. The number of guanidine groups is 1. The van der Waals surface area contributed by atoms with Gasteiger partial charge >= 0.3 is 6.18 Å². The van der Waals surface area contributed by atoms with Crippen LogP contribution in [0.15, 0.2) is 34.9 Å². The van der Waals surface area contributed by atoms with E-state index in [1.54, 1.807) is 6.20 Å². The highest BCUT2D eigenvalue weighted by Crippen LogP contribution is 2.30. The van der Waals surface area contributed by atoms with Crippen molar-refractivity contribution in [3.63, 3.8) is 0 Å². The lowest BCUT2D eigenvalue weighted by molar-refractivity contribution is -0.140. The van der Waals surface area contributed by atoms with Crippen molar-refractivity contribution in [2.45, 2.75) is 39.4 Å². The van der Waals surface area contributed by atoms with Crippen LogP contribution in [0.3, 0.4) is 0 Å². The molecule has 1 atom stereocenters. The Morgan fingerprint density at radius 1 is 1.30 bits per heavy atom. The molecular formula is C18H24F3N5S. The standard InChI is InChI=1S/C18H24F3N5S/c1-4-23-17(25-10-16-26-15(11-27-16)18(19,20)21)24-9-14(12(2)3)13-6-5-7-22-8-13/h5-8,11-12,14H,4,9-10H2,1-3H3,(H2,23,24,25). The fourth-order valence-corrected chi connectivity index (χ4v) is 3.27. The Morgan fingerprint density at radius 3 is 2.63 bits per heavy atom. The lowest BCUT2D eigenvalue weighted by Crippen LogP contribution is -2.40. The van der Waals surface area contributed by atoms with Crippen LogP contribution < -0.4 is 10.6 Å². The first-order valence-corrected chi connectivity index (χ1v) is 9.63. The molecule has 2 aromatic rings. The molecule has 9 heteroatoms. The van der Waals surface area contributed by atoms with Crippen molar-refractivity contribution in [3.8, 4) is 0 Å². The Balaban J connectivity index is 2.03. The highest BCUT2D eigenvalue weighted by atomic mass is 32.1. The van der Waals surface area contributed by atoms with Crippen molar-refractivity contribution in [2.75, 3.05) is 13.1 Å². The second-order valence-corrected chi connectivity index (χ2v) is 7.28. The van der Waals surface area contributed by atoms with Crippen LogP contribution in [-0.2, 0) is 12.7 Å². The Kier molecular flexibility index (Phi) is 7.58. The number of pyridine rings is 1. The van der Waals surface area contributed by atoms with Crippen LogP contribution in [0.25, 0.3) is 0 Å². The van der Waals surface area contributed by atoms with Gasteiger partial charge < -0.3 is 10.6 Å². The van der Waals surface area contributed by atoms with Crippen molar-refractivity contribution < 1.29 is 13.2 Å². The highest BCUT2D eigenvalue weighted by Gasteiger charge is 2.33. The lowest BCUT2D eigenvalue weighted by Gasteiger charge is -2.22. The van der Waals surface area contributed by atoms with E-state index < -0.39 is 11.9 Å². The van der Waals surface area contributed by atoms with Crippen LogP contribution in [0, 0.1) is 5.92 Å². The zero-order valence-corrected chi connectivity index (χ0v) is 16.4. The third-order valence-corrected chi connectivity index (χ3v) is 4.80. The minimum atomic E-state index is -4.42. The molecule has 0 aromatic carbocycles. The number of alkyl halides is 3. The SMILES string of the molecule is CCNC(=NCc1nc(C(F)(F)F)cs1)NCC(c1cccnc1)C(C)C. The summed E-state index contributed by atoms with van der Waals surface area (Å²) in [4.78, 5) is 12.1. The summed E-state index contributed by atoms with van der Waals surface area (Å²) in [5, 5.41) is 7.73. The van der Waals surface area contributed by atoms with Gasteiger partial charge in [-0.1, -0.05) is 19.9 Å². The number of nitrogens with one attached hydrogen (secondary N) is 2. The van der Waals surface area contributed by atoms with Gasteiger partial charge in [-0.15, -0.1) is 11.3 Å². The number of halogens is 3. The molecule has 0 amide bonds. The maximum Gasteiger partial charge on any atom is 0.434 e. The summed E-state index contributed by atoms with van der Waals surface area (Å²) >= 11 is 0.961. The molecule has 1 unspecified atom stereocenters. The topological polar surface area (TPSA) is 62.2 Å². The first-order chi connectivity index (χ1) is 12.8. The third-order valence-electron chi connectivity index (χ3n) is 3.97. The molecule has 2 heterocycles. The molecule has 0 spiro atoms. The number of rotatable bonds is 7. The molecule has 27 heavy (non-hydrogen) atoms. The van der Waals surface area contributed by atoms with Gasteiger partial charge in [0.2, 0.25) is 0 Å². The number of hydrogen-bond donors (Lipinski definition) is 2. The number of hydrogen-bond acceptors (Lipinski definition) is 4. The second kappa shape index (κ2) is 9.68. The molecule has 2 rings (SSSR count). The van der Waals surface area contributed by atoms with Crippen LogP contribution in [0.2, 0.25) is 0 Å². The molecule has 2 N–H and O–H groups in total. The summed E-state index contributed by atoms with van der Waals surface area (Å²) in [6.07, 6.45) is -0.830. The Hall–Kier alpha value is -2.16. The monoisotopic (exact) mass is 399 g/mol. The Morgan fingerprint density at radius 2 is 2.07 bits per heavy atom. The van der Waals surface area contributed by atoms with Gasteiger partial charge in [0.1, 0.15) is 5.01 Å². The van der Waals surface area contributed by atoms with Gasteiger partial charge in [-0.2, -0.15) is 13.2 Å². The molecule has 5 nitrogen and oxygen atoms in total. The van der Waals surface area contributed by atoms with Crippen LogP contribution >= 0.6 is 11.3 Å². The molecule has 0 bridgehead atoms. The summed E-state index contributed by atoms with van der Waals surface area (Å²) < 4.78 is 37.9. The summed E-state index contributed by atoms with van der Waals surface area (Å²) in [6.45, 7) is 7.59. The van der Waals surface area contributed by atoms with Gasteiger partial charge in [0.15, 0.2) is 11.7 Å². The maximum absolute atomic E-state index is 12.6. The number of thiazole rings is 1. The molecular weight excluding hydrogens is 375 g/mol. The van der Waals surface area contributed by atoms with Gasteiger partial charge in [-0.3, -0.25) is 4.98 Å². The molecule has 0 fully saturated rings. The highest BCUT2D eigenvalue weighted by molar-refractivity contribution is 7.09. The quantitative estimate of drug-likeness (QED) is 0.545. The van der Waals surface area contributed by atoms with Crippen molar-refractivity contribution >= 4 is 17.3 Å². The smallest absolute Gasteiger partial charge is 0.357 e. The van der Waals surface area contributed by atoms with Crippen LogP contribution in [0.1, 0.15) is 43.0 Å². The summed E-state index contributed by atoms with van der Waals surface area (Å²) in [5.41, 5.74) is 0.262. The molecule has 2 aromatic heterocycles. The largest absolute Gasteiger partial charge is 0.434 e. The predicted octanol–water partition coefficient (Wildman–Crippen LogP) is 4.05. The number of aliphatic imine (C=N–C) groups is 1. The van der Waals surface area contributed by atoms with Crippen molar-refractivity contribution in [3.05, 3.63) is 46.2 Å². The first kappa shape index (κ1) is 21.1. The summed E-state index contributed by atoms with van der Waals surface area (Å²) in [7, 11) is 0. The van der Waals surface area contributed by atoms with Gasteiger partial charge in [-0.05, 0) is 24.5 Å². The van der Waals surface area contributed by atoms with Crippen molar-refractivity contribution in [1.82, 2.24) is 20.6 Å². The Labute approximate surface area is 161 Å². The number of aromatic nitrogens is 2. The fourth-order valence-electron chi connectivity index (χ4n) is 2.54. The van der Waals surface area contributed by atoms with E-state index in [9.17, 15) is 13.2 Å². The van der Waals surface area contributed by atoms with E-state index in [-0.39, 0.29) is 12.5 Å². The third kappa shape index (κ3) is 6.50. The average molecular weight is 399 g/mol. The van der Waals surface area contributed by atoms with Crippen LogP contribution in [0.4, 0.5) is 13.2 Å². The van der Waals surface area contributed by atoms with E-state index in [1.165, 1.54) is 0 Å².